The van der Waals surface area contributed by atoms with E-state index in [0.717, 1.165) is 11.1 Å². The summed E-state index contributed by atoms with van der Waals surface area (Å²) in [5.74, 6) is 0.518. The number of hydrogen-bond donors (Lipinski definition) is 0. The van der Waals surface area contributed by atoms with E-state index in [1.807, 2.05) is 56.0 Å². The van der Waals surface area contributed by atoms with Crippen molar-refractivity contribution < 1.29 is 14.3 Å². The number of rotatable bonds is 5. The Morgan fingerprint density at radius 1 is 1.20 bits per heavy atom. The average molecular weight is 407 g/mol. The van der Waals surface area contributed by atoms with Crippen LogP contribution in [0.15, 0.2) is 48.9 Å². The van der Waals surface area contributed by atoms with Crippen molar-refractivity contribution >= 4 is 5.91 Å². The number of carbonyl (C=O) groups is 1. The minimum Gasteiger partial charge on any atom is -0.475 e. The Morgan fingerprint density at radius 2 is 2.00 bits per heavy atom. The molecule has 1 saturated heterocycles. The number of morpholine rings is 1. The van der Waals surface area contributed by atoms with Crippen molar-refractivity contribution in [2.24, 2.45) is 0 Å². The summed E-state index contributed by atoms with van der Waals surface area (Å²) in [5, 5.41) is 8.39. The number of aryl methyl sites for hydroxylation is 2. The first-order valence-corrected chi connectivity index (χ1v) is 9.97. The quantitative estimate of drug-likeness (QED) is 0.647. The zero-order chi connectivity index (χ0) is 21.1. The van der Waals surface area contributed by atoms with Crippen LogP contribution in [0.4, 0.5) is 0 Å². The zero-order valence-corrected chi connectivity index (χ0v) is 17.4. The Balaban J connectivity index is 1.52. The molecule has 0 N–H and O–H groups in total. The van der Waals surface area contributed by atoms with E-state index >= 15 is 0 Å². The van der Waals surface area contributed by atoms with Crippen molar-refractivity contribution in [3.63, 3.8) is 0 Å². The van der Waals surface area contributed by atoms with Gasteiger partial charge < -0.3 is 14.4 Å². The molecule has 3 heterocycles. The van der Waals surface area contributed by atoms with Crippen molar-refractivity contribution in [3.8, 4) is 11.6 Å². The lowest BCUT2D eigenvalue weighted by Gasteiger charge is -2.38. The number of carbonyl (C=O) groups excluding carboxylic acids is 1. The second kappa shape index (κ2) is 8.62. The fourth-order valence-electron chi connectivity index (χ4n) is 3.49. The van der Waals surface area contributed by atoms with Gasteiger partial charge in [-0.05, 0) is 39.0 Å². The Labute approximate surface area is 175 Å². The van der Waals surface area contributed by atoms with Crippen LogP contribution in [0.2, 0.25) is 0 Å². The number of amides is 1. The molecule has 8 nitrogen and oxygen atoms in total. The number of hydrogen-bond acceptors (Lipinski definition) is 6. The summed E-state index contributed by atoms with van der Waals surface area (Å²) in [5.41, 5.74) is 3.19. The maximum atomic E-state index is 13.5. The second-order valence-electron chi connectivity index (χ2n) is 7.54. The van der Waals surface area contributed by atoms with Crippen molar-refractivity contribution in [2.75, 3.05) is 19.8 Å². The molecular formula is C22H25N5O3. The van der Waals surface area contributed by atoms with Crippen LogP contribution < -0.4 is 4.74 Å². The molecule has 2 aromatic heterocycles. The first-order valence-electron chi connectivity index (χ1n) is 9.97. The van der Waals surface area contributed by atoms with E-state index in [1.165, 1.54) is 4.80 Å². The third kappa shape index (κ3) is 4.18. The summed E-state index contributed by atoms with van der Waals surface area (Å²) in [6, 6.07) is 9.47. The second-order valence-corrected chi connectivity index (χ2v) is 7.54. The molecule has 8 heteroatoms. The Morgan fingerprint density at radius 3 is 2.77 bits per heavy atom. The van der Waals surface area contributed by atoms with Crippen LogP contribution in [0.5, 0.6) is 5.88 Å². The highest BCUT2D eigenvalue weighted by Gasteiger charge is 2.32. The van der Waals surface area contributed by atoms with Gasteiger partial charge in [0, 0.05) is 11.8 Å². The molecule has 1 fully saturated rings. The molecule has 0 unspecified atom stereocenters. The number of nitrogens with zero attached hydrogens (tertiary/aromatic N) is 5. The molecule has 0 aliphatic carbocycles. The third-order valence-corrected chi connectivity index (χ3v) is 5.15. The van der Waals surface area contributed by atoms with Gasteiger partial charge >= 0.3 is 0 Å². The minimum atomic E-state index is -0.234. The monoisotopic (exact) mass is 407 g/mol. The Kier molecular flexibility index (Phi) is 5.76. The number of ether oxygens (including phenoxy) is 2. The Hall–Kier alpha value is -3.26. The molecule has 3 aromatic rings. The van der Waals surface area contributed by atoms with Gasteiger partial charge in [-0.3, -0.25) is 4.79 Å². The van der Waals surface area contributed by atoms with Crippen LogP contribution in [0.3, 0.4) is 0 Å². The van der Waals surface area contributed by atoms with Crippen LogP contribution >= 0.6 is 0 Å². The van der Waals surface area contributed by atoms with Crippen molar-refractivity contribution in [1.29, 1.82) is 0 Å². The fourth-order valence-corrected chi connectivity index (χ4v) is 3.49. The van der Waals surface area contributed by atoms with Crippen LogP contribution in [0, 0.1) is 13.8 Å². The van der Waals surface area contributed by atoms with Gasteiger partial charge in [-0.2, -0.15) is 15.0 Å². The molecule has 2 atom stereocenters. The first-order chi connectivity index (χ1) is 14.5. The van der Waals surface area contributed by atoms with Gasteiger partial charge in [0.2, 0.25) is 5.88 Å². The molecule has 0 saturated carbocycles. The summed E-state index contributed by atoms with van der Waals surface area (Å²) in [6.07, 6.45) is 4.66. The molecule has 0 bridgehead atoms. The van der Waals surface area contributed by atoms with Crippen molar-refractivity contribution in [2.45, 2.75) is 32.9 Å². The molecular weight excluding hydrogens is 382 g/mol. The summed E-state index contributed by atoms with van der Waals surface area (Å²) in [6.45, 7) is 7.11. The number of aromatic nitrogens is 4. The molecule has 0 spiro atoms. The van der Waals surface area contributed by atoms with E-state index in [1.54, 1.807) is 18.6 Å². The van der Waals surface area contributed by atoms with Gasteiger partial charge in [0.15, 0.2) is 0 Å². The van der Waals surface area contributed by atoms with E-state index in [4.69, 9.17) is 9.47 Å². The normalized spacial score (nSPS) is 19.0. The van der Waals surface area contributed by atoms with Crippen LogP contribution in [-0.4, -0.2) is 62.7 Å². The molecule has 30 heavy (non-hydrogen) atoms. The van der Waals surface area contributed by atoms with E-state index < -0.39 is 0 Å². The maximum Gasteiger partial charge on any atom is 0.256 e. The SMILES string of the molecule is Cc1ccc(-n2nccn2)c(C(=O)N2C[C@@H](COc3ncccc3C)OC[C@H]2C)c1. The lowest BCUT2D eigenvalue weighted by molar-refractivity contribution is -0.0633. The van der Waals surface area contributed by atoms with E-state index in [-0.39, 0.29) is 18.1 Å². The van der Waals surface area contributed by atoms with Gasteiger partial charge in [0.05, 0.1) is 42.8 Å². The van der Waals surface area contributed by atoms with Crippen LogP contribution in [0.1, 0.15) is 28.4 Å². The van der Waals surface area contributed by atoms with Crippen LogP contribution in [0.25, 0.3) is 5.69 Å². The highest BCUT2D eigenvalue weighted by atomic mass is 16.5. The maximum absolute atomic E-state index is 13.5. The average Bonchev–Trinajstić information content (AvgIpc) is 3.28. The first kappa shape index (κ1) is 20.0. The molecule has 4 rings (SSSR count). The topological polar surface area (TPSA) is 82.4 Å². The molecule has 1 aromatic carbocycles. The predicted octanol–water partition coefficient (Wildman–Crippen LogP) is 2.59. The standard InChI is InChI=1S/C22H25N5O3/c1-15-6-7-20(27-24-9-10-25-27)19(11-15)22(28)26-12-18(29-13-17(26)3)14-30-21-16(2)5-4-8-23-21/h4-11,17-18H,12-14H2,1-3H3/t17-,18+/m1/s1. The van der Waals surface area contributed by atoms with Gasteiger partial charge in [-0.25, -0.2) is 4.98 Å². The zero-order valence-electron chi connectivity index (χ0n) is 17.4. The van der Waals surface area contributed by atoms with E-state index in [9.17, 15) is 4.79 Å². The van der Waals surface area contributed by atoms with Crippen LogP contribution in [-0.2, 0) is 4.74 Å². The summed E-state index contributed by atoms with van der Waals surface area (Å²) in [4.78, 5) is 21.1. The van der Waals surface area contributed by atoms with Gasteiger partial charge in [0.25, 0.3) is 5.91 Å². The number of pyridine rings is 1. The van der Waals surface area contributed by atoms with Gasteiger partial charge in [-0.15, -0.1) is 0 Å². The largest absolute Gasteiger partial charge is 0.475 e. The highest BCUT2D eigenvalue weighted by Crippen LogP contribution is 2.22. The van der Waals surface area contributed by atoms with E-state index in [2.05, 4.69) is 15.2 Å². The smallest absolute Gasteiger partial charge is 0.256 e. The molecule has 1 aliphatic rings. The number of benzene rings is 1. The lowest BCUT2D eigenvalue weighted by Crippen LogP contribution is -2.52. The minimum absolute atomic E-state index is 0.0516. The van der Waals surface area contributed by atoms with Gasteiger partial charge in [-0.1, -0.05) is 17.7 Å². The summed E-state index contributed by atoms with van der Waals surface area (Å²) in [7, 11) is 0. The molecule has 1 aliphatic heterocycles. The molecule has 156 valence electrons. The lowest BCUT2D eigenvalue weighted by atomic mass is 10.1. The highest BCUT2D eigenvalue weighted by molar-refractivity contribution is 5.98. The third-order valence-electron chi connectivity index (χ3n) is 5.15. The van der Waals surface area contributed by atoms with Gasteiger partial charge in [0.1, 0.15) is 12.7 Å². The molecule has 0 radical (unpaired) electrons. The summed E-state index contributed by atoms with van der Waals surface area (Å²) >= 11 is 0. The van der Waals surface area contributed by atoms with E-state index in [0.29, 0.717) is 36.9 Å². The Bertz CT molecular complexity index is 1020. The van der Waals surface area contributed by atoms with Crippen molar-refractivity contribution in [3.05, 3.63) is 65.6 Å². The summed E-state index contributed by atoms with van der Waals surface area (Å²) < 4.78 is 11.8. The fraction of sp³-hybridized carbons (Fsp3) is 0.364. The van der Waals surface area contributed by atoms with Crippen molar-refractivity contribution in [1.82, 2.24) is 24.9 Å². The molecule has 1 amide bonds. The predicted molar refractivity (Wildman–Crippen MR) is 111 cm³/mol.